The van der Waals surface area contributed by atoms with Crippen molar-refractivity contribution in [3.05, 3.63) is 34.5 Å². The molecule has 0 bridgehead atoms. The van der Waals surface area contributed by atoms with E-state index in [4.69, 9.17) is 5.84 Å². The number of rotatable bonds is 5. The maximum absolute atomic E-state index is 11.2. The fourth-order valence-electron chi connectivity index (χ4n) is 1.44. The Morgan fingerprint density at radius 1 is 1.47 bits per heavy atom. The third-order valence-electron chi connectivity index (χ3n) is 2.22. The monoisotopic (exact) mass is 278 g/mol. The number of H-pyrrole nitrogens is 1. The summed E-state index contributed by atoms with van der Waals surface area (Å²) < 4.78 is 0. The van der Waals surface area contributed by atoms with Crippen LogP contribution < -0.4 is 16.8 Å². The summed E-state index contributed by atoms with van der Waals surface area (Å²) in [4.78, 5) is 26.5. The number of nitrogens with one attached hydrogen (secondary N) is 2. The van der Waals surface area contributed by atoms with Crippen molar-refractivity contribution in [1.29, 1.82) is 0 Å². The molecule has 0 amide bonds. The van der Waals surface area contributed by atoms with Gasteiger partial charge < -0.3 is 10.4 Å². The van der Waals surface area contributed by atoms with Gasteiger partial charge in [0.1, 0.15) is 16.7 Å². The zero-order chi connectivity index (χ0) is 13.7. The zero-order valence-corrected chi connectivity index (χ0v) is 11.2. The third kappa shape index (κ3) is 3.76. The lowest BCUT2D eigenvalue weighted by molar-refractivity contribution is 0.808. The highest BCUT2D eigenvalue weighted by molar-refractivity contribution is 7.99. The lowest BCUT2D eigenvalue weighted by atomic mass is 10.3. The van der Waals surface area contributed by atoms with Crippen molar-refractivity contribution in [2.75, 3.05) is 5.43 Å². The SMILES string of the molecule is CCCc1nc(NN)cc(Sc2nccc(=O)[nH]2)n1. The molecule has 2 aromatic heterocycles. The van der Waals surface area contributed by atoms with Gasteiger partial charge in [-0.05, 0) is 18.2 Å². The highest BCUT2D eigenvalue weighted by Crippen LogP contribution is 2.23. The van der Waals surface area contributed by atoms with Gasteiger partial charge in [-0.15, -0.1) is 0 Å². The predicted octanol–water partition coefficient (Wildman–Crippen LogP) is 0.949. The average Bonchev–Trinajstić information content (AvgIpc) is 2.39. The molecule has 0 fully saturated rings. The van der Waals surface area contributed by atoms with Crippen molar-refractivity contribution < 1.29 is 0 Å². The smallest absolute Gasteiger partial charge is 0.251 e. The van der Waals surface area contributed by atoms with E-state index in [9.17, 15) is 4.79 Å². The number of aromatic amines is 1. The molecular weight excluding hydrogens is 264 g/mol. The lowest BCUT2D eigenvalue weighted by Gasteiger charge is -2.06. The first-order valence-electron chi connectivity index (χ1n) is 5.79. The first-order valence-corrected chi connectivity index (χ1v) is 6.60. The molecule has 0 spiro atoms. The Balaban J connectivity index is 2.28. The van der Waals surface area contributed by atoms with E-state index in [2.05, 4.69) is 32.3 Å². The Morgan fingerprint density at radius 3 is 3.00 bits per heavy atom. The van der Waals surface area contributed by atoms with Crippen LogP contribution in [-0.4, -0.2) is 19.9 Å². The first-order chi connectivity index (χ1) is 9.21. The summed E-state index contributed by atoms with van der Waals surface area (Å²) in [5.41, 5.74) is 2.31. The molecule has 8 heteroatoms. The number of hydrogen-bond donors (Lipinski definition) is 3. The summed E-state index contributed by atoms with van der Waals surface area (Å²) in [6.07, 6.45) is 3.16. The van der Waals surface area contributed by atoms with Gasteiger partial charge in [0.25, 0.3) is 5.56 Å². The van der Waals surface area contributed by atoms with Crippen LogP contribution in [0.5, 0.6) is 0 Å². The molecule has 0 radical (unpaired) electrons. The van der Waals surface area contributed by atoms with E-state index >= 15 is 0 Å². The summed E-state index contributed by atoms with van der Waals surface area (Å²) >= 11 is 1.26. The highest BCUT2D eigenvalue weighted by atomic mass is 32.2. The number of hydrazine groups is 1. The van der Waals surface area contributed by atoms with Gasteiger partial charge in [0.15, 0.2) is 5.16 Å². The molecule has 0 aromatic carbocycles. The van der Waals surface area contributed by atoms with E-state index in [0.717, 1.165) is 12.8 Å². The Bertz CT molecular complexity index is 614. The molecule has 0 aliphatic carbocycles. The maximum atomic E-state index is 11.2. The normalized spacial score (nSPS) is 10.4. The average molecular weight is 278 g/mol. The van der Waals surface area contributed by atoms with Gasteiger partial charge in [0, 0.05) is 24.8 Å². The number of nitrogens with two attached hydrogens (primary N) is 1. The molecule has 2 rings (SSSR count). The minimum Gasteiger partial charge on any atom is -0.308 e. The quantitative estimate of drug-likeness (QED) is 0.323. The largest absolute Gasteiger partial charge is 0.308 e. The van der Waals surface area contributed by atoms with Crippen LogP contribution in [0.15, 0.2) is 33.3 Å². The predicted molar refractivity (Wildman–Crippen MR) is 72.8 cm³/mol. The summed E-state index contributed by atoms with van der Waals surface area (Å²) in [7, 11) is 0. The number of aromatic nitrogens is 4. The van der Waals surface area contributed by atoms with E-state index in [-0.39, 0.29) is 5.56 Å². The Labute approximate surface area is 114 Å². The minimum absolute atomic E-state index is 0.197. The fraction of sp³-hybridized carbons (Fsp3) is 0.273. The molecule has 2 aromatic rings. The van der Waals surface area contributed by atoms with E-state index in [1.807, 2.05) is 0 Å². The second-order valence-electron chi connectivity index (χ2n) is 3.74. The van der Waals surface area contributed by atoms with Crippen molar-refractivity contribution >= 4 is 17.6 Å². The van der Waals surface area contributed by atoms with Gasteiger partial charge in [0.05, 0.1) is 0 Å². The number of nitrogen functional groups attached to an aromatic ring is 1. The van der Waals surface area contributed by atoms with Gasteiger partial charge in [-0.1, -0.05) is 6.92 Å². The Hall–Kier alpha value is -1.93. The molecule has 0 atom stereocenters. The molecule has 0 saturated heterocycles. The standard InChI is InChI=1S/C11H14N6OS/c1-2-3-7-14-8(17-12)6-10(15-7)19-11-13-5-4-9(18)16-11/h4-6H,2-3,12H2,1H3,(H,13,16,18)(H,14,15,17). The second kappa shape index (κ2) is 6.30. The van der Waals surface area contributed by atoms with E-state index in [1.54, 1.807) is 6.07 Å². The van der Waals surface area contributed by atoms with Crippen LogP contribution in [0.4, 0.5) is 5.82 Å². The van der Waals surface area contributed by atoms with Gasteiger partial charge in [-0.3, -0.25) is 4.79 Å². The molecule has 0 unspecified atom stereocenters. The molecule has 4 N–H and O–H groups in total. The summed E-state index contributed by atoms with van der Waals surface area (Å²) in [5, 5.41) is 1.16. The van der Waals surface area contributed by atoms with Gasteiger partial charge in [0.2, 0.25) is 0 Å². The van der Waals surface area contributed by atoms with Crippen molar-refractivity contribution in [3.63, 3.8) is 0 Å². The van der Waals surface area contributed by atoms with Gasteiger partial charge in [-0.2, -0.15) is 0 Å². The van der Waals surface area contributed by atoms with Crippen LogP contribution >= 0.6 is 11.8 Å². The zero-order valence-electron chi connectivity index (χ0n) is 10.4. The van der Waals surface area contributed by atoms with Crippen molar-refractivity contribution in [2.45, 2.75) is 29.9 Å². The molecule has 0 saturated carbocycles. The summed E-state index contributed by atoms with van der Waals surface area (Å²) in [6, 6.07) is 3.07. The Morgan fingerprint density at radius 2 is 2.32 bits per heavy atom. The summed E-state index contributed by atoms with van der Waals surface area (Å²) in [5.74, 6) is 6.63. The molecule has 19 heavy (non-hydrogen) atoms. The maximum Gasteiger partial charge on any atom is 0.251 e. The number of hydrogen-bond acceptors (Lipinski definition) is 7. The molecule has 2 heterocycles. The van der Waals surface area contributed by atoms with Crippen LogP contribution in [0.25, 0.3) is 0 Å². The van der Waals surface area contributed by atoms with Crippen LogP contribution in [-0.2, 0) is 6.42 Å². The molecule has 0 aliphatic heterocycles. The topological polar surface area (TPSA) is 110 Å². The van der Waals surface area contributed by atoms with Crippen molar-refractivity contribution in [2.24, 2.45) is 5.84 Å². The number of aryl methyl sites for hydroxylation is 1. The summed E-state index contributed by atoms with van der Waals surface area (Å²) in [6.45, 7) is 2.05. The first kappa shape index (κ1) is 13.5. The lowest BCUT2D eigenvalue weighted by Crippen LogP contribution is -2.11. The minimum atomic E-state index is -0.197. The van der Waals surface area contributed by atoms with Crippen LogP contribution in [0.2, 0.25) is 0 Å². The van der Waals surface area contributed by atoms with Crippen molar-refractivity contribution in [1.82, 2.24) is 19.9 Å². The molecule has 7 nitrogen and oxygen atoms in total. The number of nitrogens with zero attached hydrogens (tertiary/aromatic N) is 3. The van der Waals surface area contributed by atoms with Crippen LogP contribution in [0.3, 0.4) is 0 Å². The number of anilines is 1. The van der Waals surface area contributed by atoms with Gasteiger partial charge in [-0.25, -0.2) is 20.8 Å². The highest BCUT2D eigenvalue weighted by Gasteiger charge is 2.06. The second-order valence-corrected chi connectivity index (χ2v) is 4.75. The molecule has 0 aliphatic rings. The molecule has 100 valence electrons. The van der Waals surface area contributed by atoms with E-state index < -0.39 is 0 Å². The Kier molecular flexibility index (Phi) is 4.48. The molecular formula is C11H14N6OS. The van der Waals surface area contributed by atoms with E-state index in [0.29, 0.717) is 21.8 Å². The van der Waals surface area contributed by atoms with Crippen LogP contribution in [0.1, 0.15) is 19.2 Å². The van der Waals surface area contributed by atoms with Gasteiger partial charge >= 0.3 is 0 Å². The van der Waals surface area contributed by atoms with Crippen LogP contribution in [0, 0.1) is 0 Å². The van der Waals surface area contributed by atoms with Crippen molar-refractivity contribution in [3.8, 4) is 0 Å². The third-order valence-corrected chi connectivity index (χ3v) is 3.04. The fourth-order valence-corrected chi connectivity index (χ4v) is 2.22. The van der Waals surface area contributed by atoms with E-state index in [1.165, 1.54) is 24.0 Å².